The van der Waals surface area contributed by atoms with Gasteiger partial charge in [0.15, 0.2) is 0 Å². The van der Waals surface area contributed by atoms with Gasteiger partial charge >= 0.3 is 0 Å². The van der Waals surface area contributed by atoms with Gasteiger partial charge in [-0.1, -0.05) is 18.6 Å². The molecule has 1 aliphatic rings. The Hall–Kier alpha value is -2.17. The molecule has 0 saturated heterocycles. The molecule has 0 unspecified atom stereocenters. The third-order valence-corrected chi connectivity index (χ3v) is 4.27. The van der Waals surface area contributed by atoms with Gasteiger partial charge in [-0.15, -0.1) is 0 Å². The van der Waals surface area contributed by atoms with Crippen molar-refractivity contribution in [3.63, 3.8) is 0 Å². The Kier molecular flexibility index (Phi) is 4.88. The van der Waals surface area contributed by atoms with Crippen LogP contribution in [0.15, 0.2) is 18.2 Å². The van der Waals surface area contributed by atoms with Crippen LogP contribution in [0.3, 0.4) is 0 Å². The number of hydrogen-bond acceptors (Lipinski definition) is 3. The normalized spacial score (nSPS) is 14.2. The Morgan fingerprint density at radius 1 is 1.17 bits per heavy atom. The molecule has 0 spiro atoms. The minimum Gasteiger partial charge on any atom is -0.351 e. The topological polar surface area (TPSA) is 66.5 Å². The summed E-state index contributed by atoms with van der Waals surface area (Å²) >= 11 is 0. The molecule has 3 amide bonds. The van der Waals surface area contributed by atoms with Crippen LogP contribution in [0.25, 0.3) is 0 Å². The van der Waals surface area contributed by atoms with Gasteiger partial charge < -0.3 is 5.32 Å². The SMILES string of the molecule is CCC(C)(C)NC(=O)CCCN1C(=O)c2ccc(C)cc2C1=O. The van der Waals surface area contributed by atoms with Gasteiger partial charge in [0, 0.05) is 18.5 Å². The molecule has 124 valence electrons. The molecule has 1 heterocycles. The Bertz CT molecular complexity index is 650. The molecular weight excluding hydrogens is 292 g/mol. The van der Waals surface area contributed by atoms with E-state index in [4.69, 9.17) is 0 Å². The summed E-state index contributed by atoms with van der Waals surface area (Å²) in [7, 11) is 0. The summed E-state index contributed by atoms with van der Waals surface area (Å²) in [5.74, 6) is -0.577. The van der Waals surface area contributed by atoms with Crippen LogP contribution in [0.1, 0.15) is 66.3 Å². The zero-order valence-corrected chi connectivity index (χ0v) is 14.2. The smallest absolute Gasteiger partial charge is 0.261 e. The number of benzene rings is 1. The standard InChI is InChI=1S/C18H24N2O3/c1-5-18(3,4)19-15(21)7-6-10-20-16(22)13-9-8-12(2)11-14(13)17(20)23/h8-9,11H,5-7,10H2,1-4H3,(H,19,21). The van der Waals surface area contributed by atoms with Gasteiger partial charge in [-0.05, 0) is 45.7 Å². The molecule has 23 heavy (non-hydrogen) atoms. The zero-order valence-electron chi connectivity index (χ0n) is 14.2. The van der Waals surface area contributed by atoms with Crippen molar-refractivity contribution in [1.82, 2.24) is 10.2 Å². The van der Waals surface area contributed by atoms with Gasteiger partial charge in [0.2, 0.25) is 5.91 Å². The highest BCUT2D eigenvalue weighted by molar-refractivity contribution is 6.21. The quantitative estimate of drug-likeness (QED) is 0.821. The predicted molar refractivity (Wildman–Crippen MR) is 88.3 cm³/mol. The van der Waals surface area contributed by atoms with Crippen molar-refractivity contribution in [2.75, 3.05) is 6.54 Å². The van der Waals surface area contributed by atoms with E-state index in [1.165, 1.54) is 4.90 Å². The van der Waals surface area contributed by atoms with Gasteiger partial charge in [0.25, 0.3) is 11.8 Å². The molecule has 0 bridgehead atoms. The fourth-order valence-electron chi connectivity index (χ4n) is 2.53. The highest BCUT2D eigenvalue weighted by Gasteiger charge is 2.35. The minimum absolute atomic E-state index is 0.0516. The van der Waals surface area contributed by atoms with Crippen LogP contribution in [0.2, 0.25) is 0 Å². The molecular formula is C18H24N2O3. The Balaban J connectivity index is 1.92. The number of imide groups is 1. The molecule has 0 saturated carbocycles. The third kappa shape index (κ3) is 3.78. The van der Waals surface area contributed by atoms with Crippen molar-refractivity contribution in [3.05, 3.63) is 34.9 Å². The second-order valence-corrected chi connectivity index (χ2v) is 6.70. The molecule has 0 aliphatic carbocycles. The van der Waals surface area contributed by atoms with Gasteiger partial charge in [0.05, 0.1) is 11.1 Å². The molecule has 1 aliphatic heterocycles. The minimum atomic E-state index is -0.265. The summed E-state index contributed by atoms with van der Waals surface area (Å²) < 4.78 is 0. The summed E-state index contributed by atoms with van der Waals surface area (Å²) in [6.07, 6.45) is 1.61. The molecule has 5 heteroatoms. The van der Waals surface area contributed by atoms with Crippen molar-refractivity contribution in [3.8, 4) is 0 Å². The number of nitrogens with zero attached hydrogens (tertiary/aromatic N) is 1. The Morgan fingerprint density at radius 2 is 1.83 bits per heavy atom. The molecule has 0 radical (unpaired) electrons. The van der Waals surface area contributed by atoms with Crippen molar-refractivity contribution in [2.45, 2.75) is 52.5 Å². The van der Waals surface area contributed by atoms with Gasteiger partial charge in [-0.2, -0.15) is 0 Å². The number of aryl methyl sites for hydroxylation is 1. The average molecular weight is 316 g/mol. The van der Waals surface area contributed by atoms with E-state index in [1.54, 1.807) is 12.1 Å². The molecule has 0 aromatic heterocycles. The van der Waals surface area contributed by atoms with Gasteiger partial charge in [-0.25, -0.2) is 0 Å². The lowest BCUT2D eigenvalue weighted by molar-refractivity contribution is -0.122. The monoisotopic (exact) mass is 316 g/mol. The summed E-state index contributed by atoms with van der Waals surface area (Å²) in [4.78, 5) is 37.7. The first-order valence-electron chi connectivity index (χ1n) is 8.03. The van der Waals surface area contributed by atoms with Crippen LogP contribution in [-0.4, -0.2) is 34.7 Å². The van der Waals surface area contributed by atoms with E-state index in [1.807, 2.05) is 33.8 Å². The zero-order chi connectivity index (χ0) is 17.2. The first-order valence-corrected chi connectivity index (χ1v) is 8.03. The largest absolute Gasteiger partial charge is 0.351 e. The van der Waals surface area contributed by atoms with Crippen molar-refractivity contribution < 1.29 is 14.4 Å². The van der Waals surface area contributed by atoms with Gasteiger partial charge in [-0.3, -0.25) is 19.3 Å². The second kappa shape index (κ2) is 6.52. The van der Waals surface area contributed by atoms with E-state index in [-0.39, 0.29) is 29.8 Å². The molecule has 1 N–H and O–H groups in total. The number of nitrogens with one attached hydrogen (secondary N) is 1. The first kappa shape index (κ1) is 17.2. The number of amides is 3. The van der Waals surface area contributed by atoms with Crippen LogP contribution < -0.4 is 5.32 Å². The maximum Gasteiger partial charge on any atom is 0.261 e. The van der Waals surface area contributed by atoms with Crippen molar-refractivity contribution in [2.24, 2.45) is 0 Å². The molecule has 1 aromatic carbocycles. The van der Waals surface area contributed by atoms with Crippen LogP contribution in [-0.2, 0) is 4.79 Å². The molecule has 0 atom stereocenters. The van der Waals surface area contributed by atoms with Crippen LogP contribution in [0.5, 0.6) is 0 Å². The van der Waals surface area contributed by atoms with E-state index in [0.717, 1.165) is 12.0 Å². The summed E-state index contributed by atoms with van der Waals surface area (Å²) in [6.45, 7) is 8.11. The molecule has 1 aromatic rings. The highest BCUT2D eigenvalue weighted by atomic mass is 16.2. The fourth-order valence-corrected chi connectivity index (χ4v) is 2.53. The Morgan fingerprint density at radius 3 is 2.48 bits per heavy atom. The highest BCUT2D eigenvalue weighted by Crippen LogP contribution is 2.24. The van der Waals surface area contributed by atoms with E-state index in [2.05, 4.69) is 5.32 Å². The van der Waals surface area contributed by atoms with E-state index in [0.29, 0.717) is 24.0 Å². The lowest BCUT2D eigenvalue weighted by atomic mass is 10.0. The lowest BCUT2D eigenvalue weighted by Crippen LogP contribution is -2.43. The van der Waals surface area contributed by atoms with Crippen LogP contribution in [0.4, 0.5) is 0 Å². The third-order valence-electron chi connectivity index (χ3n) is 4.27. The number of carbonyl (C=O) groups excluding carboxylic acids is 3. The van der Waals surface area contributed by atoms with E-state index < -0.39 is 0 Å². The van der Waals surface area contributed by atoms with Crippen molar-refractivity contribution >= 4 is 17.7 Å². The van der Waals surface area contributed by atoms with Crippen LogP contribution in [0, 0.1) is 6.92 Å². The first-order chi connectivity index (χ1) is 10.7. The van der Waals surface area contributed by atoms with Gasteiger partial charge in [0.1, 0.15) is 0 Å². The second-order valence-electron chi connectivity index (χ2n) is 6.70. The predicted octanol–water partition coefficient (Wildman–Crippen LogP) is 2.68. The molecule has 5 nitrogen and oxygen atoms in total. The summed E-state index contributed by atoms with van der Waals surface area (Å²) in [6, 6.07) is 5.27. The fraction of sp³-hybridized carbons (Fsp3) is 0.500. The summed E-state index contributed by atoms with van der Waals surface area (Å²) in [5.41, 5.74) is 1.64. The number of hydrogen-bond donors (Lipinski definition) is 1. The average Bonchev–Trinajstić information content (AvgIpc) is 2.71. The lowest BCUT2D eigenvalue weighted by Gasteiger charge is -2.24. The van der Waals surface area contributed by atoms with E-state index in [9.17, 15) is 14.4 Å². The number of carbonyl (C=O) groups is 3. The Labute approximate surface area is 137 Å². The maximum absolute atomic E-state index is 12.3. The van der Waals surface area contributed by atoms with Crippen LogP contribution >= 0.6 is 0 Å². The molecule has 2 rings (SSSR count). The molecule has 0 fully saturated rings. The number of rotatable bonds is 6. The van der Waals surface area contributed by atoms with Crippen molar-refractivity contribution in [1.29, 1.82) is 0 Å². The summed E-state index contributed by atoms with van der Waals surface area (Å²) in [5, 5.41) is 2.95. The number of fused-ring (bicyclic) bond motifs is 1. The van der Waals surface area contributed by atoms with E-state index >= 15 is 0 Å². The maximum atomic E-state index is 12.3.